The van der Waals surface area contributed by atoms with Crippen molar-refractivity contribution in [3.63, 3.8) is 0 Å². The molecule has 2 heterocycles. The number of halogens is 1. The summed E-state index contributed by atoms with van der Waals surface area (Å²) in [6.45, 7) is 1.93. The van der Waals surface area contributed by atoms with Crippen LogP contribution in [0.5, 0.6) is 0 Å². The lowest BCUT2D eigenvalue weighted by Gasteiger charge is -2.03. The summed E-state index contributed by atoms with van der Waals surface area (Å²) in [5, 5.41) is 9.45. The van der Waals surface area contributed by atoms with Crippen molar-refractivity contribution in [2.45, 2.75) is 13.3 Å². The largest absolute Gasteiger partial charge is 0.361 e. The van der Waals surface area contributed by atoms with Gasteiger partial charge in [-0.25, -0.2) is 9.07 Å². The van der Waals surface area contributed by atoms with Crippen molar-refractivity contribution >= 4 is 10.9 Å². The van der Waals surface area contributed by atoms with E-state index in [9.17, 15) is 4.39 Å². The highest BCUT2D eigenvalue weighted by Gasteiger charge is 2.08. The number of hydrogen-bond donors (Lipinski definition) is 1. The molecule has 114 valence electrons. The number of aryl methyl sites for hydroxylation is 1. The molecule has 0 aliphatic rings. The van der Waals surface area contributed by atoms with Crippen LogP contribution in [-0.2, 0) is 6.42 Å². The predicted molar refractivity (Wildman–Crippen MR) is 88.0 cm³/mol. The zero-order chi connectivity index (χ0) is 15.8. The molecule has 1 N–H and O–H groups in total. The Kier molecular flexibility index (Phi) is 3.19. The molecule has 4 aromatic rings. The second-order valence-electron chi connectivity index (χ2n) is 5.46. The molecule has 0 radical (unpaired) electrons. The smallest absolute Gasteiger partial charge is 0.128 e. The Morgan fingerprint density at radius 3 is 2.87 bits per heavy atom. The third kappa shape index (κ3) is 2.40. The molecule has 0 saturated heterocycles. The molecular formula is C18H15FN4. The lowest BCUT2D eigenvalue weighted by Crippen LogP contribution is -1.97. The molecule has 0 saturated carbocycles. The van der Waals surface area contributed by atoms with Crippen LogP contribution >= 0.6 is 0 Å². The van der Waals surface area contributed by atoms with E-state index in [0.717, 1.165) is 22.2 Å². The summed E-state index contributed by atoms with van der Waals surface area (Å²) in [4.78, 5) is 3.16. The molecule has 23 heavy (non-hydrogen) atoms. The SMILES string of the molecule is CCc1ccc(-n2cc(-c3ccc4[nH]ccc4c3)nn2)cc1F. The molecule has 5 heteroatoms. The summed E-state index contributed by atoms with van der Waals surface area (Å²) < 4.78 is 15.5. The summed E-state index contributed by atoms with van der Waals surface area (Å²) >= 11 is 0. The van der Waals surface area contributed by atoms with E-state index < -0.39 is 0 Å². The molecule has 0 fully saturated rings. The van der Waals surface area contributed by atoms with Gasteiger partial charge in [-0.1, -0.05) is 24.3 Å². The van der Waals surface area contributed by atoms with Crippen LogP contribution in [-0.4, -0.2) is 20.0 Å². The highest BCUT2D eigenvalue weighted by Crippen LogP contribution is 2.23. The quantitative estimate of drug-likeness (QED) is 0.619. The van der Waals surface area contributed by atoms with E-state index in [-0.39, 0.29) is 5.82 Å². The van der Waals surface area contributed by atoms with E-state index in [2.05, 4.69) is 21.4 Å². The highest BCUT2D eigenvalue weighted by atomic mass is 19.1. The van der Waals surface area contributed by atoms with E-state index in [1.54, 1.807) is 10.7 Å². The lowest BCUT2D eigenvalue weighted by atomic mass is 10.1. The molecule has 0 spiro atoms. The van der Waals surface area contributed by atoms with Gasteiger partial charge in [-0.05, 0) is 42.3 Å². The van der Waals surface area contributed by atoms with Crippen LogP contribution in [0, 0.1) is 5.82 Å². The monoisotopic (exact) mass is 306 g/mol. The number of nitrogens with one attached hydrogen (secondary N) is 1. The van der Waals surface area contributed by atoms with Gasteiger partial charge >= 0.3 is 0 Å². The zero-order valence-corrected chi connectivity index (χ0v) is 12.6. The van der Waals surface area contributed by atoms with Gasteiger partial charge in [0.25, 0.3) is 0 Å². The van der Waals surface area contributed by atoms with Gasteiger partial charge in [-0.15, -0.1) is 5.10 Å². The Hall–Kier alpha value is -2.95. The first kappa shape index (κ1) is 13.7. The molecule has 0 aliphatic heterocycles. The van der Waals surface area contributed by atoms with E-state index in [1.165, 1.54) is 6.07 Å². The second kappa shape index (κ2) is 5.35. The minimum absolute atomic E-state index is 0.212. The van der Waals surface area contributed by atoms with E-state index in [1.807, 2.05) is 43.6 Å². The fourth-order valence-electron chi connectivity index (χ4n) is 2.70. The van der Waals surface area contributed by atoms with Gasteiger partial charge in [0.05, 0.1) is 11.9 Å². The molecule has 4 rings (SSSR count). The van der Waals surface area contributed by atoms with Gasteiger partial charge in [0.1, 0.15) is 11.5 Å². The van der Waals surface area contributed by atoms with Crippen molar-refractivity contribution in [2.24, 2.45) is 0 Å². The third-order valence-electron chi connectivity index (χ3n) is 4.02. The molecule has 4 nitrogen and oxygen atoms in total. The number of fused-ring (bicyclic) bond motifs is 1. The van der Waals surface area contributed by atoms with Gasteiger partial charge in [-0.3, -0.25) is 0 Å². The average molecular weight is 306 g/mol. The van der Waals surface area contributed by atoms with Gasteiger partial charge < -0.3 is 4.98 Å². The van der Waals surface area contributed by atoms with Crippen molar-refractivity contribution in [1.29, 1.82) is 0 Å². The van der Waals surface area contributed by atoms with Gasteiger partial charge in [0, 0.05) is 22.7 Å². The van der Waals surface area contributed by atoms with Crippen molar-refractivity contribution in [1.82, 2.24) is 20.0 Å². The Bertz CT molecular complexity index is 984. The summed E-state index contributed by atoms with van der Waals surface area (Å²) in [5.41, 5.74) is 4.19. The number of rotatable bonds is 3. The first-order valence-electron chi connectivity index (χ1n) is 7.53. The zero-order valence-electron chi connectivity index (χ0n) is 12.6. The molecular weight excluding hydrogens is 291 g/mol. The highest BCUT2D eigenvalue weighted by molar-refractivity contribution is 5.84. The maximum absolute atomic E-state index is 13.9. The van der Waals surface area contributed by atoms with E-state index >= 15 is 0 Å². The first-order valence-corrected chi connectivity index (χ1v) is 7.53. The summed E-state index contributed by atoms with van der Waals surface area (Å²) in [6.07, 6.45) is 4.39. The van der Waals surface area contributed by atoms with Crippen LogP contribution < -0.4 is 0 Å². The molecule has 0 amide bonds. The molecule has 0 atom stereocenters. The number of aromatic amines is 1. The van der Waals surface area contributed by atoms with Gasteiger partial charge in [0.2, 0.25) is 0 Å². The van der Waals surface area contributed by atoms with Crippen molar-refractivity contribution in [3.05, 3.63) is 66.2 Å². The number of nitrogens with zero attached hydrogens (tertiary/aromatic N) is 3. The fraction of sp³-hybridized carbons (Fsp3) is 0.111. The summed E-state index contributed by atoms with van der Waals surface area (Å²) in [6, 6.07) is 13.2. The lowest BCUT2D eigenvalue weighted by molar-refractivity contribution is 0.609. The van der Waals surface area contributed by atoms with E-state index in [4.69, 9.17) is 0 Å². The molecule has 2 aromatic carbocycles. The maximum Gasteiger partial charge on any atom is 0.128 e. The number of hydrogen-bond acceptors (Lipinski definition) is 2. The topological polar surface area (TPSA) is 46.5 Å². The maximum atomic E-state index is 13.9. The number of H-pyrrole nitrogens is 1. The number of aromatic nitrogens is 4. The van der Waals surface area contributed by atoms with Crippen LogP contribution in [0.2, 0.25) is 0 Å². The average Bonchev–Trinajstić information content (AvgIpc) is 3.23. The molecule has 0 bridgehead atoms. The Morgan fingerprint density at radius 1 is 1.13 bits per heavy atom. The molecule has 0 aliphatic carbocycles. The first-order chi connectivity index (χ1) is 11.2. The van der Waals surface area contributed by atoms with Gasteiger partial charge in [-0.2, -0.15) is 0 Å². The van der Waals surface area contributed by atoms with Crippen LogP contribution in [0.15, 0.2) is 54.9 Å². The van der Waals surface area contributed by atoms with Gasteiger partial charge in [0.15, 0.2) is 0 Å². The second-order valence-corrected chi connectivity index (χ2v) is 5.46. The van der Waals surface area contributed by atoms with Crippen LogP contribution in [0.4, 0.5) is 4.39 Å². The Morgan fingerprint density at radius 2 is 2.04 bits per heavy atom. The third-order valence-corrected chi connectivity index (χ3v) is 4.02. The van der Waals surface area contributed by atoms with Crippen molar-refractivity contribution < 1.29 is 4.39 Å². The number of benzene rings is 2. The van der Waals surface area contributed by atoms with Crippen molar-refractivity contribution in [3.8, 4) is 16.9 Å². The van der Waals surface area contributed by atoms with Crippen LogP contribution in [0.1, 0.15) is 12.5 Å². The predicted octanol–water partition coefficient (Wildman–Crippen LogP) is 4.12. The fourth-order valence-corrected chi connectivity index (χ4v) is 2.70. The Labute approximate surface area is 132 Å². The standard InChI is InChI=1S/C18H15FN4/c1-2-12-3-5-15(10-16(12)19)23-11-18(21-22-23)13-4-6-17-14(9-13)7-8-20-17/h3-11,20H,2H2,1H3. The van der Waals surface area contributed by atoms with E-state index in [0.29, 0.717) is 17.7 Å². The molecule has 2 aromatic heterocycles. The summed E-state index contributed by atoms with van der Waals surface area (Å²) in [5.74, 6) is -0.212. The molecule has 0 unspecified atom stereocenters. The Balaban J connectivity index is 1.72. The van der Waals surface area contributed by atoms with Crippen LogP contribution in [0.3, 0.4) is 0 Å². The van der Waals surface area contributed by atoms with Crippen LogP contribution in [0.25, 0.3) is 27.8 Å². The normalized spacial score (nSPS) is 11.2. The summed E-state index contributed by atoms with van der Waals surface area (Å²) in [7, 11) is 0. The minimum atomic E-state index is -0.212. The van der Waals surface area contributed by atoms with Crippen molar-refractivity contribution in [2.75, 3.05) is 0 Å². The minimum Gasteiger partial charge on any atom is -0.361 e.